The molecule has 0 bridgehead atoms. The number of methoxy groups -OCH3 is 2. The van der Waals surface area contributed by atoms with Gasteiger partial charge in [0.05, 0.1) is 30.8 Å². The molecular weight excluding hydrogens is 452 g/mol. The number of ether oxygens (including phenoxy) is 2. The number of benzene rings is 3. The van der Waals surface area contributed by atoms with Crippen LogP contribution in [0.2, 0.25) is 0 Å². The molecule has 1 heterocycles. The molecule has 3 aromatic rings. The number of anilines is 1. The summed E-state index contributed by atoms with van der Waals surface area (Å²) < 4.78 is 38.2. The number of sulfonamides is 1. The average Bonchev–Trinajstić information content (AvgIpc) is 3.37. The summed E-state index contributed by atoms with van der Waals surface area (Å²) in [4.78, 5) is 15.3. The molecule has 1 fully saturated rings. The van der Waals surface area contributed by atoms with Crippen molar-refractivity contribution in [2.45, 2.75) is 23.8 Å². The number of rotatable bonds is 7. The quantitative estimate of drug-likeness (QED) is 0.498. The molecule has 3 aromatic carbocycles. The first-order valence-electron chi connectivity index (χ1n) is 11.0. The van der Waals surface area contributed by atoms with Crippen molar-refractivity contribution in [2.75, 3.05) is 32.1 Å². The molecule has 7 nitrogen and oxygen atoms in total. The minimum absolute atomic E-state index is 0.124. The van der Waals surface area contributed by atoms with Gasteiger partial charge in [-0.05, 0) is 61.4 Å². The van der Waals surface area contributed by atoms with Crippen LogP contribution < -0.4 is 13.8 Å². The number of hydrogen-bond donors (Lipinski definition) is 0. The molecule has 0 spiro atoms. The Morgan fingerprint density at radius 2 is 1.68 bits per heavy atom. The highest BCUT2D eigenvalue weighted by Crippen LogP contribution is 2.39. The molecule has 178 valence electrons. The lowest BCUT2D eigenvalue weighted by Crippen LogP contribution is -2.31. The van der Waals surface area contributed by atoms with Crippen molar-refractivity contribution in [3.05, 3.63) is 83.9 Å². The lowest BCUT2D eigenvalue weighted by atomic mass is 10.0. The zero-order valence-corrected chi connectivity index (χ0v) is 20.3. The maximum absolute atomic E-state index is 13.4. The molecule has 0 aromatic heterocycles. The zero-order chi connectivity index (χ0) is 24.3. The SMILES string of the molecule is COc1ccc([C@H]2CCCN2C(=O)c2ccc(S(=O)(=O)N(C)c3ccccc3)cc2)c(OC)c1. The highest BCUT2D eigenvalue weighted by molar-refractivity contribution is 7.92. The number of hydrogen-bond acceptors (Lipinski definition) is 5. The standard InChI is InChI=1S/C26H28N2O5S/c1-27(20-8-5-4-6-9-20)34(30,31)22-14-11-19(12-15-22)26(29)28-17-7-10-24(28)23-16-13-21(32-2)18-25(23)33-3/h4-6,8-9,11-16,18,24H,7,10,17H2,1-3H3/t24-/m1/s1. The van der Waals surface area contributed by atoms with Gasteiger partial charge in [-0.2, -0.15) is 0 Å². The number of amides is 1. The Labute approximate surface area is 200 Å². The van der Waals surface area contributed by atoms with Gasteiger partial charge in [-0.15, -0.1) is 0 Å². The fourth-order valence-electron chi connectivity index (χ4n) is 4.30. The number of para-hydroxylation sites is 1. The third-order valence-electron chi connectivity index (χ3n) is 6.19. The third-order valence-corrected chi connectivity index (χ3v) is 7.99. The monoisotopic (exact) mass is 480 g/mol. The molecule has 1 aliphatic heterocycles. The molecule has 34 heavy (non-hydrogen) atoms. The summed E-state index contributed by atoms with van der Waals surface area (Å²) in [6.45, 7) is 0.621. The highest BCUT2D eigenvalue weighted by atomic mass is 32.2. The summed E-state index contributed by atoms with van der Waals surface area (Å²) in [7, 11) is 0.973. The fourth-order valence-corrected chi connectivity index (χ4v) is 5.49. The highest BCUT2D eigenvalue weighted by Gasteiger charge is 2.33. The second kappa shape index (κ2) is 9.77. The van der Waals surface area contributed by atoms with Gasteiger partial charge in [0.25, 0.3) is 15.9 Å². The van der Waals surface area contributed by atoms with E-state index in [1.54, 1.807) is 50.6 Å². The van der Waals surface area contributed by atoms with Gasteiger partial charge in [0.1, 0.15) is 11.5 Å². The predicted molar refractivity (Wildman–Crippen MR) is 131 cm³/mol. The van der Waals surface area contributed by atoms with E-state index >= 15 is 0 Å². The van der Waals surface area contributed by atoms with Crippen molar-refractivity contribution in [2.24, 2.45) is 0 Å². The van der Waals surface area contributed by atoms with E-state index in [4.69, 9.17) is 9.47 Å². The molecule has 0 aliphatic carbocycles. The average molecular weight is 481 g/mol. The molecule has 0 saturated carbocycles. The van der Waals surface area contributed by atoms with Gasteiger partial charge in [0.2, 0.25) is 0 Å². The first kappa shape index (κ1) is 23.6. The predicted octanol–water partition coefficient (Wildman–Crippen LogP) is 4.51. The first-order chi connectivity index (χ1) is 16.4. The summed E-state index contributed by atoms with van der Waals surface area (Å²) >= 11 is 0. The molecule has 0 unspecified atom stereocenters. The van der Waals surface area contributed by atoms with Crippen LogP contribution in [-0.2, 0) is 10.0 Å². The topological polar surface area (TPSA) is 76.2 Å². The summed E-state index contributed by atoms with van der Waals surface area (Å²) in [5, 5.41) is 0. The van der Waals surface area contributed by atoms with Gasteiger partial charge >= 0.3 is 0 Å². The largest absolute Gasteiger partial charge is 0.497 e. The molecule has 1 atom stereocenters. The van der Waals surface area contributed by atoms with Crippen LogP contribution in [0, 0.1) is 0 Å². The Hall–Kier alpha value is -3.52. The van der Waals surface area contributed by atoms with E-state index in [2.05, 4.69) is 0 Å². The Balaban J connectivity index is 1.57. The smallest absolute Gasteiger partial charge is 0.264 e. The fraction of sp³-hybridized carbons (Fsp3) is 0.269. The van der Waals surface area contributed by atoms with Crippen LogP contribution in [0.1, 0.15) is 34.8 Å². The van der Waals surface area contributed by atoms with Crippen LogP contribution in [0.4, 0.5) is 5.69 Å². The maximum atomic E-state index is 13.4. The van der Waals surface area contributed by atoms with Crippen molar-refractivity contribution in [1.29, 1.82) is 0 Å². The van der Waals surface area contributed by atoms with Crippen molar-refractivity contribution in [1.82, 2.24) is 4.90 Å². The minimum atomic E-state index is -3.74. The van der Waals surface area contributed by atoms with E-state index in [-0.39, 0.29) is 16.8 Å². The Morgan fingerprint density at radius 3 is 2.32 bits per heavy atom. The third kappa shape index (κ3) is 4.46. The molecule has 0 N–H and O–H groups in total. The molecule has 1 aliphatic rings. The molecular formula is C26H28N2O5S. The van der Waals surface area contributed by atoms with Gasteiger partial charge in [0.15, 0.2) is 0 Å². The van der Waals surface area contributed by atoms with Gasteiger partial charge in [-0.1, -0.05) is 18.2 Å². The van der Waals surface area contributed by atoms with Crippen LogP contribution >= 0.6 is 0 Å². The number of carbonyl (C=O) groups excluding carboxylic acids is 1. The van der Waals surface area contributed by atoms with Crippen molar-refractivity contribution in [3.63, 3.8) is 0 Å². The number of nitrogens with zero attached hydrogens (tertiary/aromatic N) is 2. The van der Waals surface area contributed by atoms with E-state index in [0.29, 0.717) is 29.3 Å². The van der Waals surface area contributed by atoms with Crippen LogP contribution in [0.5, 0.6) is 11.5 Å². The normalized spacial score (nSPS) is 15.7. The molecule has 1 saturated heterocycles. The van der Waals surface area contributed by atoms with Crippen molar-refractivity contribution in [3.8, 4) is 11.5 Å². The van der Waals surface area contributed by atoms with Crippen molar-refractivity contribution >= 4 is 21.6 Å². The second-order valence-corrected chi connectivity index (χ2v) is 10.1. The van der Waals surface area contributed by atoms with Gasteiger partial charge in [-0.3, -0.25) is 9.10 Å². The van der Waals surface area contributed by atoms with E-state index in [0.717, 1.165) is 18.4 Å². The first-order valence-corrected chi connectivity index (χ1v) is 12.5. The van der Waals surface area contributed by atoms with Crippen LogP contribution in [0.15, 0.2) is 77.7 Å². The van der Waals surface area contributed by atoms with Crippen LogP contribution in [0.25, 0.3) is 0 Å². The minimum Gasteiger partial charge on any atom is -0.497 e. The summed E-state index contributed by atoms with van der Waals surface area (Å²) in [5.74, 6) is 1.23. The Bertz CT molecular complexity index is 1260. The van der Waals surface area contributed by atoms with Gasteiger partial charge < -0.3 is 14.4 Å². The van der Waals surface area contributed by atoms with Gasteiger partial charge in [-0.25, -0.2) is 8.42 Å². The van der Waals surface area contributed by atoms with Crippen LogP contribution in [-0.4, -0.2) is 47.0 Å². The Morgan fingerprint density at radius 1 is 0.971 bits per heavy atom. The van der Waals surface area contributed by atoms with E-state index in [9.17, 15) is 13.2 Å². The summed E-state index contributed by atoms with van der Waals surface area (Å²) in [6.07, 6.45) is 1.70. The number of likely N-dealkylation sites (tertiary alicyclic amines) is 1. The maximum Gasteiger partial charge on any atom is 0.264 e. The molecule has 1 amide bonds. The van der Waals surface area contributed by atoms with E-state index < -0.39 is 10.0 Å². The van der Waals surface area contributed by atoms with Crippen LogP contribution in [0.3, 0.4) is 0 Å². The van der Waals surface area contributed by atoms with E-state index in [1.165, 1.54) is 23.5 Å². The molecule has 4 rings (SSSR count). The Kier molecular flexibility index (Phi) is 6.79. The zero-order valence-electron chi connectivity index (χ0n) is 19.5. The number of carbonyl (C=O) groups is 1. The molecule has 8 heteroatoms. The summed E-state index contributed by atoms with van der Waals surface area (Å²) in [5.41, 5.74) is 1.94. The summed E-state index contributed by atoms with van der Waals surface area (Å²) in [6, 6.07) is 20.5. The lowest BCUT2D eigenvalue weighted by molar-refractivity contribution is 0.0734. The van der Waals surface area contributed by atoms with Crippen molar-refractivity contribution < 1.29 is 22.7 Å². The lowest BCUT2D eigenvalue weighted by Gasteiger charge is -2.27. The molecule has 0 radical (unpaired) electrons. The van der Waals surface area contributed by atoms with Gasteiger partial charge in [0, 0.05) is 30.8 Å². The second-order valence-electron chi connectivity index (χ2n) is 8.10. The van der Waals surface area contributed by atoms with E-state index in [1.807, 2.05) is 29.2 Å².